The van der Waals surface area contributed by atoms with Gasteiger partial charge < -0.3 is 48.9 Å². The van der Waals surface area contributed by atoms with Crippen molar-refractivity contribution in [2.75, 3.05) is 13.1 Å². The molecule has 0 saturated heterocycles. The third kappa shape index (κ3) is 17.3. The highest BCUT2D eigenvalue weighted by Gasteiger charge is 2.31. The number of hydrogen-bond donors (Lipinski definition) is 9. The Morgan fingerprint density at radius 2 is 1.44 bits per heavy atom. The van der Waals surface area contributed by atoms with Crippen molar-refractivity contribution >= 4 is 47.5 Å². The average Bonchev–Trinajstić information content (AvgIpc) is 3.15. The Labute approximate surface area is 322 Å². The number of nitrogens with zero attached hydrogens (tertiary/aromatic N) is 1. The second-order valence-corrected chi connectivity index (χ2v) is 13.7. The van der Waals surface area contributed by atoms with E-state index in [1.807, 2.05) is 81.4 Å². The fraction of sp³-hybridized carbons (Fsp3) is 0.462. The Hall–Kier alpha value is -5.77. The number of nitrogens with two attached hydrogens (primary N) is 3. The topological polar surface area (TPSA) is 273 Å². The van der Waals surface area contributed by atoms with Gasteiger partial charge in [-0.1, -0.05) is 107 Å². The number of hydrogen-bond acceptors (Lipinski definition) is 8. The lowest BCUT2D eigenvalue weighted by atomic mass is 9.97. The zero-order chi connectivity index (χ0) is 40.9. The van der Waals surface area contributed by atoms with E-state index in [4.69, 9.17) is 17.2 Å². The Kier molecular flexibility index (Phi) is 19.6. The van der Waals surface area contributed by atoms with E-state index in [1.54, 1.807) is 13.0 Å². The second-order valence-electron chi connectivity index (χ2n) is 13.7. The van der Waals surface area contributed by atoms with E-state index >= 15 is 0 Å². The molecule has 6 atom stereocenters. The highest BCUT2D eigenvalue weighted by molar-refractivity contribution is 5.96. The van der Waals surface area contributed by atoms with Gasteiger partial charge in [-0.15, -0.1) is 0 Å². The molecule has 0 unspecified atom stereocenters. The molecule has 0 aromatic heterocycles. The largest absolute Gasteiger partial charge is 0.480 e. The quantitative estimate of drug-likeness (QED) is 0.0431. The molecule has 0 spiro atoms. The lowest BCUT2D eigenvalue weighted by molar-refractivity contribution is -0.142. The number of carbonyl (C=O) groups is 6. The Bertz CT molecular complexity index is 1620. The van der Waals surface area contributed by atoms with Crippen LogP contribution in [-0.4, -0.2) is 89.9 Å². The molecular weight excluding hydrogens is 706 g/mol. The van der Waals surface area contributed by atoms with Crippen molar-refractivity contribution in [2.24, 2.45) is 34.0 Å². The first-order chi connectivity index (χ1) is 26.1. The first-order valence-corrected chi connectivity index (χ1v) is 18.4. The maximum atomic E-state index is 13.8. The fourth-order valence-electron chi connectivity index (χ4n) is 5.40. The summed E-state index contributed by atoms with van der Waals surface area (Å²) in [7, 11) is 0. The zero-order valence-corrected chi connectivity index (χ0v) is 32.0. The van der Waals surface area contributed by atoms with Gasteiger partial charge in [-0.05, 0) is 48.6 Å². The molecule has 0 aliphatic rings. The molecule has 55 heavy (non-hydrogen) atoms. The summed E-state index contributed by atoms with van der Waals surface area (Å²) in [4.78, 5) is 82.4. The summed E-state index contributed by atoms with van der Waals surface area (Å²) >= 11 is 0. The summed E-state index contributed by atoms with van der Waals surface area (Å²) in [6.07, 6.45) is 4.40. The molecule has 2 rings (SSSR count). The van der Waals surface area contributed by atoms with Crippen LogP contribution < -0.4 is 43.8 Å². The molecule has 0 aliphatic heterocycles. The first kappa shape index (κ1) is 45.4. The summed E-state index contributed by atoms with van der Waals surface area (Å²) in [6, 6.07) is 12.7. The fourth-order valence-corrected chi connectivity index (χ4v) is 5.40. The standard InChI is InChI=1S/C39H57N9O7/c1-5-25(4)33(37(53)44-23-32(49)45-29(17-12-20-43-39(41)42)35(51)47-31(38(54)55)21-24(2)3)48-36(52)30(19-18-26-13-8-6-9-14-26)46-34(50)28(40)22-27-15-10-7-11-16-27/h6-11,13-16,18-19,24-25,28-31,33H,5,12,17,20-23,40H2,1-4H3,(H,44,53)(H,45,49)(H,46,50)(H,47,51)(H,48,52)(H,54,55)(H4,41,42,43)/b19-18+/t25-,28-,29-,30-,31-,33-/m0/s1. The number of carbonyl (C=O) groups excluding carboxylic acids is 5. The van der Waals surface area contributed by atoms with Crippen molar-refractivity contribution in [3.8, 4) is 0 Å². The molecule has 2 aromatic carbocycles. The van der Waals surface area contributed by atoms with Crippen LogP contribution in [0.2, 0.25) is 0 Å². The molecule has 12 N–H and O–H groups in total. The molecule has 0 saturated carbocycles. The van der Waals surface area contributed by atoms with Gasteiger partial charge in [0.15, 0.2) is 5.96 Å². The van der Waals surface area contributed by atoms with Crippen LogP contribution in [0.15, 0.2) is 71.7 Å². The van der Waals surface area contributed by atoms with Crippen LogP contribution in [0.3, 0.4) is 0 Å². The molecule has 0 bridgehead atoms. The van der Waals surface area contributed by atoms with Crippen LogP contribution in [-0.2, 0) is 35.2 Å². The minimum Gasteiger partial charge on any atom is -0.480 e. The first-order valence-electron chi connectivity index (χ1n) is 18.4. The Morgan fingerprint density at radius 3 is 2.02 bits per heavy atom. The van der Waals surface area contributed by atoms with Gasteiger partial charge in [0.2, 0.25) is 29.5 Å². The molecule has 2 aromatic rings. The molecule has 5 amide bonds. The van der Waals surface area contributed by atoms with E-state index in [2.05, 4.69) is 31.6 Å². The van der Waals surface area contributed by atoms with Crippen molar-refractivity contribution in [3.63, 3.8) is 0 Å². The number of benzene rings is 2. The number of amides is 5. The number of aliphatic carboxylic acids is 1. The Balaban J connectivity index is 2.19. The molecule has 16 nitrogen and oxygen atoms in total. The second kappa shape index (κ2) is 23.8. The van der Waals surface area contributed by atoms with E-state index in [1.165, 1.54) is 6.08 Å². The minimum atomic E-state index is -1.22. The number of carboxylic acid groups (broad SMARTS) is 1. The van der Waals surface area contributed by atoms with Crippen LogP contribution in [0.4, 0.5) is 0 Å². The summed E-state index contributed by atoms with van der Waals surface area (Å²) in [5, 5.41) is 22.6. The van der Waals surface area contributed by atoms with Gasteiger partial charge >= 0.3 is 5.97 Å². The third-order valence-corrected chi connectivity index (χ3v) is 8.63. The van der Waals surface area contributed by atoms with Crippen molar-refractivity contribution in [1.29, 1.82) is 0 Å². The average molecular weight is 764 g/mol. The highest BCUT2D eigenvalue weighted by atomic mass is 16.4. The van der Waals surface area contributed by atoms with E-state index in [-0.39, 0.29) is 44.1 Å². The van der Waals surface area contributed by atoms with Gasteiger partial charge in [-0.3, -0.25) is 29.0 Å². The van der Waals surface area contributed by atoms with Gasteiger partial charge in [0.05, 0.1) is 12.6 Å². The monoisotopic (exact) mass is 763 g/mol. The molecule has 16 heteroatoms. The molecule has 0 fully saturated rings. The van der Waals surface area contributed by atoms with Crippen LogP contribution in [0.25, 0.3) is 6.08 Å². The SMILES string of the molecule is CC[C@H](C)[C@H](NC(=O)[C@H](/C=C/c1ccccc1)NC(=O)[C@@H](N)Cc1ccccc1)C(=O)NCC(=O)N[C@@H](CCCN=C(N)N)C(=O)N[C@@H](CC(C)C)C(=O)O. The van der Waals surface area contributed by atoms with Gasteiger partial charge in [0.1, 0.15) is 24.2 Å². The van der Waals surface area contributed by atoms with Crippen molar-refractivity contribution in [3.05, 3.63) is 77.9 Å². The van der Waals surface area contributed by atoms with Gasteiger partial charge in [-0.2, -0.15) is 0 Å². The summed E-state index contributed by atoms with van der Waals surface area (Å²) in [5.41, 5.74) is 18.6. The van der Waals surface area contributed by atoms with Gasteiger partial charge in [0, 0.05) is 6.54 Å². The van der Waals surface area contributed by atoms with Crippen molar-refractivity contribution < 1.29 is 33.9 Å². The highest BCUT2D eigenvalue weighted by Crippen LogP contribution is 2.11. The number of carboxylic acids is 1. The maximum Gasteiger partial charge on any atom is 0.326 e. The molecular formula is C39H57N9O7. The lowest BCUT2D eigenvalue weighted by Crippen LogP contribution is -2.58. The summed E-state index contributed by atoms with van der Waals surface area (Å²) in [6.45, 7) is 6.81. The van der Waals surface area contributed by atoms with Crippen LogP contribution >= 0.6 is 0 Å². The number of guanidine groups is 1. The van der Waals surface area contributed by atoms with E-state index < -0.39 is 78.2 Å². The molecule has 0 aliphatic carbocycles. The van der Waals surface area contributed by atoms with E-state index in [0.29, 0.717) is 6.42 Å². The molecule has 0 heterocycles. The van der Waals surface area contributed by atoms with E-state index in [0.717, 1.165) is 11.1 Å². The minimum absolute atomic E-state index is 0.0332. The van der Waals surface area contributed by atoms with Crippen LogP contribution in [0.5, 0.6) is 0 Å². The number of aliphatic imine (C=N–C) groups is 1. The maximum absolute atomic E-state index is 13.8. The van der Waals surface area contributed by atoms with Crippen molar-refractivity contribution in [2.45, 2.75) is 90.0 Å². The van der Waals surface area contributed by atoms with Gasteiger partial charge in [-0.25, -0.2) is 4.79 Å². The molecule has 300 valence electrons. The van der Waals surface area contributed by atoms with Crippen LogP contribution in [0.1, 0.15) is 64.5 Å². The van der Waals surface area contributed by atoms with Gasteiger partial charge in [0.25, 0.3) is 0 Å². The summed E-state index contributed by atoms with van der Waals surface area (Å²) in [5.74, 6) is -5.17. The Morgan fingerprint density at radius 1 is 0.800 bits per heavy atom. The number of nitrogens with one attached hydrogen (secondary N) is 5. The van der Waals surface area contributed by atoms with E-state index in [9.17, 15) is 33.9 Å². The molecule has 0 radical (unpaired) electrons. The lowest BCUT2D eigenvalue weighted by Gasteiger charge is -2.26. The van der Waals surface area contributed by atoms with Crippen LogP contribution in [0, 0.1) is 11.8 Å². The zero-order valence-electron chi connectivity index (χ0n) is 32.0. The normalized spacial score (nSPS) is 14.4. The predicted molar refractivity (Wildman–Crippen MR) is 211 cm³/mol. The smallest absolute Gasteiger partial charge is 0.326 e. The third-order valence-electron chi connectivity index (χ3n) is 8.63. The number of rotatable bonds is 23. The van der Waals surface area contributed by atoms with Crippen molar-refractivity contribution in [1.82, 2.24) is 26.6 Å². The summed E-state index contributed by atoms with van der Waals surface area (Å²) < 4.78 is 0. The predicted octanol–water partition coefficient (Wildman–Crippen LogP) is 0.556.